The molecule has 0 aromatic carbocycles. The summed E-state index contributed by atoms with van der Waals surface area (Å²) in [7, 11) is -1.47. The molecule has 4 aliphatic rings. The van der Waals surface area contributed by atoms with E-state index in [4.69, 9.17) is 4.43 Å². The fourth-order valence-corrected chi connectivity index (χ4v) is 9.80. The van der Waals surface area contributed by atoms with Crippen molar-refractivity contribution in [3.8, 4) is 0 Å². The van der Waals surface area contributed by atoms with E-state index in [0.717, 1.165) is 29.6 Å². The van der Waals surface area contributed by atoms with Crippen molar-refractivity contribution in [2.24, 2.45) is 40.4 Å². The molecule has 4 aliphatic carbocycles. The quantitative estimate of drug-likeness (QED) is 0.347. The van der Waals surface area contributed by atoms with Gasteiger partial charge in [-0.05, 0) is 105 Å². The average molecular weight is 457 g/mol. The van der Waals surface area contributed by atoms with Gasteiger partial charge in [-0.15, -0.1) is 0 Å². The van der Waals surface area contributed by atoms with Crippen LogP contribution in [0.2, 0.25) is 19.6 Å². The zero-order chi connectivity index (χ0) is 23.3. The van der Waals surface area contributed by atoms with Crippen LogP contribution in [0.5, 0.6) is 0 Å². The van der Waals surface area contributed by atoms with Crippen molar-refractivity contribution >= 4 is 8.32 Å². The van der Waals surface area contributed by atoms with Crippen molar-refractivity contribution in [3.63, 3.8) is 0 Å². The normalized spacial score (nSPS) is 40.3. The van der Waals surface area contributed by atoms with Crippen LogP contribution in [0.4, 0.5) is 0 Å². The first-order valence-electron chi connectivity index (χ1n) is 14.0. The van der Waals surface area contributed by atoms with E-state index in [-0.39, 0.29) is 0 Å². The highest BCUT2D eigenvalue weighted by molar-refractivity contribution is 6.69. The number of fused-ring (bicyclic) bond motifs is 5. The monoisotopic (exact) mass is 456 g/mol. The molecule has 1 nitrogen and oxygen atoms in total. The van der Waals surface area contributed by atoms with Crippen LogP contribution < -0.4 is 0 Å². The van der Waals surface area contributed by atoms with Crippen LogP contribution in [-0.2, 0) is 4.43 Å². The van der Waals surface area contributed by atoms with Crippen LogP contribution in [0.1, 0.15) is 98.8 Å². The van der Waals surface area contributed by atoms with E-state index in [1.165, 1.54) is 64.2 Å². The molecule has 0 bridgehead atoms. The molecule has 182 valence electrons. The van der Waals surface area contributed by atoms with Gasteiger partial charge in [0.05, 0.1) is 0 Å². The Balaban J connectivity index is 1.50. The second kappa shape index (κ2) is 9.03. The van der Waals surface area contributed by atoms with Gasteiger partial charge < -0.3 is 4.43 Å². The first-order chi connectivity index (χ1) is 14.9. The molecule has 0 radical (unpaired) electrons. The lowest BCUT2D eigenvalue weighted by atomic mass is 9.50. The Hall–Kier alpha value is -0.343. The van der Waals surface area contributed by atoms with Crippen LogP contribution in [0.3, 0.4) is 0 Å². The van der Waals surface area contributed by atoms with Gasteiger partial charge in [0.1, 0.15) is 0 Å². The molecule has 0 spiro atoms. The molecule has 1 unspecified atom stereocenters. The van der Waals surface area contributed by atoms with Gasteiger partial charge >= 0.3 is 0 Å². The Morgan fingerprint density at radius 3 is 2.38 bits per heavy atom. The van der Waals surface area contributed by atoms with Crippen molar-refractivity contribution < 1.29 is 4.43 Å². The Labute approximate surface area is 201 Å². The maximum atomic E-state index is 6.56. The highest BCUT2D eigenvalue weighted by atomic mass is 28.4. The molecule has 0 saturated heterocycles. The molecule has 0 amide bonds. The van der Waals surface area contributed by atoms with Gasteiger partial charge in [0.15, 0.2) is 8.32 Å². The third-order valence-corrected chi connectivity index (χ3v) is 11.3. The van der Waals surface area contributed by atoms with Crippen molar-refractivity contribution in [1.82, 2.24) is 0 Å². The minimum atomic E-state index is -1.47. The first kappa shape index (κ1) is 24.8. The molecule has 0 aromatic rings. The van der Waals surface area contributed by atoms with Crippen LogP contribution >= 0.6 is 0 Å². The first-order valence-corrected chi connectivity index (χ1v) is 17.4. The molecule has 2 heteroatoms. The lowest BCUT2D eigenvalue weighted by Gasteiger charge is -2.55. The van der Waals surface area contributed by atoms with E-state index < -0.39 is 8.32 Å². The van der Waals surface area contributed by atoms with Crippen molar-refractivity contribution in [2.75, 3.05) is 0 Å². The highest BCUT2D eigenvalue weighted by Gasteiger charge is 2.57. The Bertz CT molecular complexity index is 742. The van der Waals surface area contributed by atoms with Crippen LogP contribution in [-0.4, -0.2) is 14.4 Å². The summed E-state index contributed by atoms with van der Waals surface area (Å²) in [6, 6.07) is 0. The van der Waals surface area contributed by atoms with Gasteiger partial charge in [0.2, 0.25) is 0 Å². The molecule has 0 aromatic heterocycles. The molecule has 0 aliphatic heterocycles. The fourth-order valence-electron chi connectivity index (χ4n) is 8.59. The van der Waals surface area contributed by atoms with Crippen molar-refractivity contribution in [1.29, 1.82) is 0 Å². The summed E-state index contributed by atoms with van der Waals surface area (Å²) in [5.41, 5.74) is 4.50. The standard InChI is InChI=1S/C30H52OSi/c1-21(2)10-9-11-22(3)26-14-15-27-25-13-12-23-20-24(31-32(6,7)8)16-18-29(23,4)28(25)17-19-30(26,27)5/h12-13,21-22,24,26-28H,9-11,14-20H2,1-8H3/t22-,24?,26-,27+,28+,29+,30-/m1/s1. The Morgan fingerprint density at radius 2 is 1.69 bits per heavy atom. The van der Waals surface area contributed by atoms with Crippen LogP contribution in [0.15, 0.2) is 23.3 Å². The largest absolute Gasteiger partial charge is 0.414 e. The van der Waals surface area contributed by atoms with Crippen LogP contribution in [0.25, 0.3) is 0 Å². The second-order valence-electron chi connectivity index (χ2n) is 14.0. The van der Waals surface area contributed by atoms with Gasteiger partial charge in [-0.2, -0.15) is 0 Å². The zero-order valence-corrected chi connectivity index (χ0v) is 23.6. The molecule has 3 saturated carbocycles. The average Bonchev–Trinajstić information content (AvgIpc) is 3.04. The van der Waals surface area contributed by atoms with Gasteiger partial charge in [-0.3, -0.25) is 0 Å². The number of allylic oxidation sites excluding steroid dienone is 3. The predicted octanol–water partition coefficient (Wildman–Crippen LogP) is 9.17. The lowest BCUT2D eigenvalue weighted by molar-refractivity contribution is 0.0351. The van der Waals surface area contributed by atoms with Gasteiger partial charge in [-0.25, -0.2) is 0 Å². The van der Waals surface area contributed by atoms with E-state index >= 15 is 0 Å². The van der Waals surface area contributed by atoms with Gasteiger partial charge in [-0.1, -0.05) is 77.2 Å². The summed E-state index contributed by atoms with van der Waals surface area (Å²) in [5.74, 6) is 4.30. The molecular formula is C30H52OSi. The maximum Gasteiger partial charge on any atom is 0.184 e. The minimum absolute atomic E-state index is 0.395. The Kier molecular flexibility index (Phi) is 6.99. The third kappa shape index (κ3) is 4.61. The van der Waals surface area contributed by atoms with Crippen LogP contribution in [0, 0.1) is 40.4 Å². The van der Waals surface area contributed by atoms with E-state index in [9.17, 15) is 0 Å². The number of hydrogen-bond acceptors (Lipinski definition) is 1. The second-order valence-corrected chi connectivity index (χ2v) is 18.5. The molecule has 3 fully saturated rings. The topological polar surface area (TPSA) is 9.23 Å². The number of hydrogen-bond donors (Lipinski definition) is 0. The summed E-state index contributed by atoms with van der Waals surface area (Å²) >= 11 is 0. The van der Waals surface area contributed by atoms with Crippen molar-refractivity contribution in [2.45, 2.75) is 125 Å². The molecule has 7 atom stereocenters. The smallest absolute Gasteiger partial charge is 0.184 e. The summed E-state index contributed by atoms with van der Waals surface area (Å²) in [6.45, 7) is 19.7. The van der Waals surface area contributed by atoms with Gasteiger partial charge in [0.25, 0.3) is 0 Å². The summed E-state index contributed by atoms with van der Waals surface area (Å²) < 4.78 is 6.56. The fraction of sp³-hybridized carbons (Fsp3) is 0.867. The summed E-state index contributed by atoms with van der Waals surface area (Å²) in [5, 5.41) is 0. The summed E-state index contributed by atoms with van der Waals surface area (Å²) in [4.78, 5) is 0. The minimum Gasteiger partial charge on any atom is -0.414 e. The molecular weight excluding hydrogens is 404 g/mol. The Morgan fingerprint density at radius 1 is 0.938 bits per heavy atom. The van der Waals surface area contributed by atoms with Crippen molar-refractivity contribution in [3.05, 3.63) is 23.3 Å². The maximum absolute atomic E-state index is 6.56. The number of rotatable bonds is 7. The molecule has 32 heavy (non-hydrogen) atoms. The predicted molar refractivity (Wildman–Crippen MR) is 141 cm³/mol. The SMILES string of the molecule is CC(C)CCC[C@@H](C)[C@H]1CC[C@H]2C3=CC=C4CC(O[Si](C)(C)C)CC[C@]4(C)[C@H]3CC[C@]12C. The molecule has 0 N–H and O–H groups in total. The van der Waals surface area contributed by atoms with E-state index in [1.807, 2.05) is 5.57 Å². The van der Waals surface area contributed by atoms with E-state index in [0.29, 0.717) is 16.9 Å². The molecule has 4 rings (SSSR count). The third-order valence-electron chi connectivity index (χ3n) is 10.2. The summed E-state index contributed by atoms with van der Waals surface area (Å²) in [6.07, 6.45) is 19.5. The zero-order valence-electron chi connectivity index (χ0n) is 22.6. The molecule has 0 heterocycles. The lowest BCUT2D eigenvalue weighted by Crippen LogP contribution is -2.47. The van der Waals surface area contributed by atoms with E-state index in [1.54, 1.807) is 5.57 Å². The van der Waals surface area contributed by atoms with Gasteiger partial charge in [0, 0.05) is 6.10 Å². The highest BCUT2D eigenvalue weighted by Crippen LogP contribution is 2.66. The van der Waals surface area contributed by atoms with E-state index in [2.05, 4.69) is 66.4 Å².